The number of nitrogens with zero attached hydrogens (tertiary/aromatic N) is 5. The number of nitro groups is 1. The zero-order valence-electron chi connectivity index (χ0n) is 20.3. The maximum Gasteiger partial charge on any atom is 0.312 e. The van der Waals surface area contributed by atoms with Crippen molar-refractivity contribution in [2.45, 2.75) is 40.7 Å². The van der Waals surface area contributed by atoms with Crippen molar-refractivity contribution in [3.05, 3.63) is 104 Å². The third kappa shape index (κ3) is 5.29. The van der Waals surface area contributed by atoms with E-state index in [1.54, 1.807) is 30.7 Å². The summed E-state index contributed by atoms with van der Waals surface area (Å²) in [6, 6.07) is 17.4. The maximum absolute atomic E-state index is 12.5. The first-order valence-corrected chi connectivity index (χ1v) is 11.4. The van der Waals surface area contributed by atoms with Crippen molar-refractivity contribution in [3.8, 4) is 5.69 Å². The molecule has 2 heterocycles. The first-order chi connectivity index (χ1) is 16.7. The quantitative estimate of drug-likeness (QED) is 0.305. The average molecular weight is 473 g/mol. The Labute approximate surface area is 203 Å². The summed E-state index contributed by atoms with van der Waals surface area (Å²) >= 11 is 0. The number of rotatable bonds is 8. The smallest absolute Gasteiger partial charge is 0.312 e. The molecule has 9 heteroatoms. The predicted octanol–water partition coefficient (Wildman–Crippen LogP) is 4.23. The van der Waals surface area contributed by atoms with Crippen LogP contribution in [0.4, 0.5) is 5.69 Å². The summed E-state index contributed by atoms with van der Waals surface area (Å²) < 4.78 is 3.53. The molecule has 0 unspecified atom stereocenters. The first-order valence-electron chi connectivity index (χ1n) is 11.4. The fraction of sp³-hybridized carbons (Fsp3) is 0.269. The maximum atomic E-state index is 12.5. The van der Waals surface area contributed by atoms with Gasteiger partial charge in [-0.1, -0.05) is 24.3 Å². The van der Waals surface area contributed by atoms with Crippen LogP contribution in [-0.4, -0.2) is 36.9 Å². The molecule has 0 atom stereocenters. The molecule has 180 valence electrons. The number of nitrogens with one attached hydrogen (secondary N) is 1. The Morgan fingerprint density at radius 2 is 1.63 bits per heavy atom. The van der Waals surface area contributed by atoms with Gasteiger partial charge in [-0.15, -0.1) is 0 Å². The molecule has 2 aromatic carbocycles. The minimum Gasteiger partial charge on any atom is -0.352 e. The summed E-state index contributed by atoms with van der Waals surface area (Å²) in [6.07, 6.45) is 0.720. The SMILES string of the molecule is Cc1cc(C)n(-c2ccc(CCNC(=O)c3ccc(Cn4nc(C)c([N+](=O)[O-])c4C)cc3)cc2)n1. The van der Waals surface area contributed by atoms with Crippen molar-refractivity contribution in [1.82, 2.24) is 24.9 Å². The molecule has 0 saturated carbocycles. The number of benzene rings is 2. The van der Waals surface area contributed by atoms with Crippen molar-refractivity contribution in [2.24, 2.45) is 0 Å². The van der Waals surface area contributed by atoms with Crippen LogP contribution < -0.4 is 5.32 Å². The van der Waals surface area contributed by atoms with Gasteiger partial charge in [-0.2, -0.15) is 10.2 Å². The molecule has 0 aliphatic rings. The van der Waals surface area contributed by atoms with E-state index < -0.39 is 4.92 Å². The van der Waals surface area contributed by atoms with Gasteiger partial charge in [0, 0.05) is 17.8 Å². The van der Waals surface area contributed by atoms with E-state index in [-0.39, 0.29) is 11.6 Å². The zero-order valence-corrected chi connectivity index (χ0v) is 20.3. The minimum atomic E-state index is -0.406. The van der Waals surface area contributed by atoms with E-state index in [1.165, 1.54) is 0 Å². The van der Waals surface area contributed by atoms with Gasteiger partial charge in [0.25, 0.3) is 5.91 Å². The highest BCUT2D eigenvalue weighted by atomic mass is 16.6. The van der Waals surface area contributed by atoms with Crippen molar-refractivity contribution in [2.75, 3.05) is 6.54 Å². The number of hydrogen-bond donors (Lipinski definition) is 1. The Kier molecular flexibility index (Phi) is 6.77. The van der Waals surface area contributed by atoms with E-state index in [0.717, 1.165) is 34.6 Å². The first kappa shape index (κ1) is 23.9. The number of carbonyl (C=O) groups excluding carboxylic acids is 1. The predicted molar refractivity (Wildman–Crippen MR) is 133 cm³/mol. The van der Waals surface area contributed by atoms with Gasteiger partial charge in [0.05, 0.1) is 22.8 Å². The van der Waals surface area contributed by atoms with Gasteiger partial charge in [0.15, 0.2) is 0 Å². The van der Waals surface area contributed by atoms with Crippen LogP contribution in [0.25, 0.3) is 5.69 Å². The van der Waals surface area contributed by atoms with E-state index >= 15 is 0 Å². The summed E-state index contributed by atoms with van der Waals surface area (Å²) in [6.45, 7) is 8.24. The summed E-state index contributed by atoms with van der Waals surface area (Å²) in [5.41, 5.74) is 6.63. The fourth-order valence-electron chi connectivity index (χ4n) is 4.16. The van der Waals surface area contributed by atoms with Gasteiger partial charge in [-0.3, -0.25) is 19.6 Å². The van der Waals surface area contributed by atoms with Crippen LogP contribution in [0.2, 0.25) is 0 Å². The molecule has 4 rings (SSSR count). The van der Waals surface area contributed by atoms with Gasteiger partial charge in [0.1, 0.15) is 11.4 Å². The second kappa shape index (κ2) is 9.92. The third-order valence-electron chi connectivity index (χ3n) is 5.96. The molecule has 1 N–H and O–H groups in total. The van der Waals surface area contributed by atoms with E-state index in [2.05, 4.69) is 27.6 Å². The molecule has 35 heavy (non-hydrogen) atoms. The lowest BCUT2D eigenvalue weighted by Crippen LogP contribution is -2.25. The Hall–Kier alpha value is -4.27. The van der Waals surface area contributed by atoms with Crippen molar-refractivity contribution in [3.63, 3.8) is 0 Å². The molecule has 0 saturated heterocycles. The average Bonchev–Trinajstić information content (AvgIpc) is 3.31. The summed E-state index contributed by atoms with van der Waals surface area (Å²) in [5.74, 6) is -0.141. The number of hydrogen-bond acceptors (Lipinski definition) is 5. The topological polar surface area (TPSA) is 108 Å². The van der Waals surface area contributed by atoms with Gasteiger partial charge in [-0.25, -0.2) is 4.68 Å². The monoisotopic (exact) mass is 472 g/mol. The number of aromatic nitrogens is 4. The van der Waals surface area contributed by atoms with Gasteiger partial charge >= 0.3 is 5.69 Å². The highest BCUT2D eigenvalue weighted by Crippen LogP contribution is 2.22. The zero-order chi connectivity index (χ0) is 25.1. The summed E-state index contributed by atoms with van der Waals surface area (Å²) in [5, 5.41) is 22.9. The standard InChI is InChI=1S/C26H28N6O3/c1-17-15-18(2)31(28-17)24-11-7-21(8-12-24)13-14-27-26(33)23-9-5-22(6-10-23)16-30-20(4)25(32(34)35)19(3)29-30/h5-12,15H,13-14,16H2,1-4H3,(H,27,33). The highest BCUT2D eigenvalue weighted by molar-refractivity contribution is 5.94. The van der Waals surface area contributed by atoms with Gasteiger partial charge in [-0.05, 0) is 75.6 Å². The van der Waals surface area contributed by atoms with Crippen LogP contribution in [-0.2, 0) is 13.0 Å². The lowest BCUT2D eigenvalue weighted by Gasteiger charge is -2.09. The van der Waals surface area contributed by atoms with Crippen molar-refractivity contribution < 1.29 is 9.72 Å². The molecule has 1 amide bonds. The lowest BCUT2D eigenvalue weighted by atomic mass is 10.1. The van der Waals surface area contributed by atoms with E-state index in [1.807, 2.05) is 48.9 Å². The molecule has 2 aromatic heterocycles. The molecule has 0 radical (unpaired) electrons. The van der Waals surface area contributed by atoms with Crippen LogP contribution in [0.5, 0.6) is 0 Å². The minimum absolute atomic E-state index is 0.0437. The molecule has 0 fully saturated rings. The lowest BCUT2D eigenvalue weighted by molar-refractivity contribution is -0.386. The van der Waals surface area contributed by atoms with Crippen LogP contribution in [0.3, 0.4) is 0 Å². The molecule has 0 bridgehead atoms. The van der Waals surface area contributed by atoms with Crippen molar-refractivity contribution >= 4 is 11.6 Å². The normalized spacial score (nSPS) is 11.0. The Bertz CT molecular complexity index is 1370. The molecule has 0 aliphatic heterocycles. The molecule has 9 nitrogen and oxygen atoms in total. The second-order valence-electron chi connectivity index (χ2n) is 8.64. The molecule has 4 aromatic rings. The van der Waals surface area contributed by atoms with E-state index in [0.29, 0.717) is 30.0 Å². The van der Waals surface area contributed by atoms with Gasteiger partial charge < -0.3 is 5.32 Å². The molecular weight excluding hydrogens is 444 g/mol. The third-order valence-corrected chi connectivity index (χ3v) is 5.96. The van der Waals surface area contributed by atoms with Crippen molar-refractivity contribution in [1.29, 1.82) is 0 Å². The number of carbonyl (C=O) groups is 1. The summed E-state index contributed by atoms with van der Waals surface area (Å²) in [7, 11) is 0. The van der Waals surface area contributed by atoms with Crippen LogP contribution in [0.15, 0.2) is 54.6 Å². The van der Waals surface area contributed by atoms with E-state index in [9.17, 15) is 14.9 Å². The Morgan fingerprint density at radius 3 is 2.20 bits per heavy atom. The summed E-state index contributed by atoms with van der Waals surface area (Å²) in [4.78, 5) is 23.3. The Balaban J connectivity index is 1.31. The molecular formula is C26H28N6O3. The van der Waals surface area contributed by atoms with Crippen LogP contribution in [0.1, 0.15) is 44.3 Å². The molecule has 0 aliphatic carbocycles. The van der Waals surface area contributed by atoms with Crippen LogP contribution >= 0.6 is 0 Å². The number of amides is 1. The second-order valence-corrected chi connectivity index (χ2v) is 8.64. The largest absolute Gasteiger partial charge is 0.352 e. The van der Waals surface area contributed by atoms with Gasteiger partial charge in [0.2, 0.25) is 0 Å². The number of aryl methyl sites for hydroxylation is 3. The van der Waals surface area contributed by atoms with E-state index in [4.69, 9.17) is 0 Å². The van der Waals surface area contributed by atoms with Crippen LogP contribution in [0, 0.1) is 37.8 Å². The molecule has 0 spiro atoms. The Morgan fingerprint density at radius 1 is 0.971 bits per heavy atom. The fourth-order valence-corrected chi connectivity index (χ4v) is 4.16. The highest BCUT2D eigenvalue weighted by Gasteiger charge is 2.21.